The highest BCUT2D eigenvalue weighted by atomic mass is 32.2. The predicted octanol–water partition coefficient (Wildman–Crippen LogP) is 4.90. The maximum atomic E-state index is 13.2. The SMILES string of the molecule is CCCc1c(C2=C(O)CC(CCC)(CCC)OC2=O)cnc(S(N)(=O)=O)c1-c1ccccc1. The normalized spacial score (nSPS) is 16.1. The average molecular weight is 473 g/mol. The van der Waals surface area contributed by atoms with Crippen molar-refractivity contribution >= 4 is 21.6 Å². The summed E-state index contributed by atoms with van der Waals surface area (Å²) in [4.78, 5) is 17.4. The van der Waals surface area contributed by atoms with Gasteiger partial charge in [0, 0.05) is 23.7 Å². The molecule has 0 amide bonds. The van der Waals surface area contributed by atoms with E-state index in [1.54, 1.807) is 24.3 Å². The van der Waals surface area contributed by atoms with Crippen LogP contribution in [0.5, 0.6) is 0 Å². The number of aliphatic hydroxyl groups excluding tert-OH is 1. The fourth-order valence-corrected chi connectivity index (χ4v) is 5.47. The number of cyclic esters (lactones) is 1. The van der Waals surface area contributed by atoms with Gasteiger partial charge in [0.2, 0.25) is 0 Å². The van der Waals surface area contributed by atoms with Crippen LogP contribution in [0.4, 0.5) is 0 Å². The van der Waals surface area contributed by atoms with Gasteiger partial charge in [0.15, 0.2) is 5.03 Å². The Morgan fingerprint density at radius 3 is 2.24 bits per heavy atom. The Balaban J connectivity index is 2.29. The van der Waals surface area contributed by atoms with Gasteiger partial charge in [-0.05, 0) is 30.4 Å². The smallest absolute Gasteiger partial charge is 0.342 e. The van der Waals surface area contributed by atoms with Gasteiger partial charge in [0.25, 0.3) is 10.0 Å². The fraction of sp³-hybridized carbons (Fsp3) is 0.440. The van der Waals surface area contributed by atoms with Crippen LogP contribution in [-0.2, 0) is 26.0 Å². The number of esters is 1. The quantitative estimate of drug-likeness (QED) is 0.501. The van der Waals surface area contributed by atoms with Crippen LogP contribution in [0, 0.1) is 0 Å². The Morgan fingerprint density at radius 1 is 1.09 bits per heavy atom. The molecule has 0 saturated carbocycles. The third-order valence-electron chi connectivity index (χ3n) is 5.96. The Kier molecular flexibility index (Phi) is 7.59. The molecule has 1 aromatic heterocycles. The Labute approximate surface area is 195 Å². The van der Waals surface area contributed by atoms with E-state index >= 15 is 0 Å². The van der Waals surface area contributed by atoms with E-state index < -0.39 is 21.6 Å². The van der Waals surface area contributed by atoms with Crippen molar-refractivity contribution in [2.45, 2.75) is 76.3 Å². The van der Waals surface area contributed by atoms with Crippen LogP contribution in [0.3, 0.4) is 0 Å². The van der Waals surface area contributed by atoms with Gasteiger partial charge in [-0.15, -0.1) is 0 Å². The molecule has 2 heterocycles. The molecule has 1 aromatic carbocycles. The minimum atomic E-state index is -4.14. The number of pyridine rings is 1. The summed E-state index contributed by atoms with van der Waals surface area (Å²) in [7, 11) is -4.14. The minimum absolute atomic E-state index is 0.0466. The van der Waals surface area contributed by atoms with E-state index in [2.05, 4.69) is 4.98 Å². The Bertz CT molecular complexity index is 1150. The van der Waals surface area contributed by atoms with E-state index in [0.717, 1.165) is 12.8 Å². The number of ether oxygens (including phenoxy) is 1. The standard InChI is InChI=1S/C25H32N2O5S/c1-4-10-18-19(22-20(28)15-25(13-5-2,14-6-3)32-24(22)29)16-27-23(33(26,30)31)21(18)17-11-8-7-9-12-17/h7-9,11-12,16,28H,4-6,10,13-15H2,1-3H3,(H2,26,30,31). The number of hydrogen-bond donors (Lipinski definition) is 2. The lowest BCUT2D eigenvalue weighted by molar-refractivity contribution is -0.157. The maximum absolute atomic E-state index is 13.2. The highest BCUT2D eigenvalue weighted by Crippen LogP contribution is 2.42. The number of carbonyl (C=O) groups is 1. The number of benzene rings is 1. The van der Waals surface area contributed by atoms with Gasteiger partial charge in [0.1, 0.15) is 16.9 Å². The van der Waals surface area contributed by atoms with Gasteiger partial charge < -0.3 is 9.84 Å². The molecule has 7 nitrogen and oxygen atoms in total. The number of hydrogen-bond acceptors (Lipinski definition) is 6. The first kappa shape index (κ1) is 24.9. The molecule has 0 aliphatic carbocycles. The topological polar surface area (TPSA) is 120 Å². The van der Waals surface area contributed by atoms with Gasteiger partial charge in [-0.2, -0.15) is 0 Å². The summed E-state index contributed by atoms with van der Waals surface area (Å²) in [6, 6.07) is 8.95. The zero-order chi connectivity index (χ0) is 24.2. The summed E-state index contributed by atoms with van der Waals surface area (Å²) in [5, 5.41) is 16.3. The highest BCUT2D eigenvalue weighted by molar-refractivity contribution is 7.89. The lowest BCUT2D eigenvalue weighted by atomic mass is 9.83. The summed E-state index contributed by atoms with van der Waals surface area (Å²) in [5.74, 6) is -0.656. The molecule has 0 atom stereocenters. The Hall–Kier alpha value is -2.71. The van der Waals surface area contributed by atoms with E-state index in [1.807, 2.05) is 26.8 Å². The molecule has 0 radical (unpaired) electrons. The van der Waals surface area contributed by atoms with Gasteiger partial charge >= 0.3 is 5.97 Å². The monoisotopic (exact) mass is 472 g/mol. The molecular weight excluding hydrogens is 440 g/mol. The zero-order valence-electron chi connectivity index (χ0n) is 19.4. The second kappa shape index (κ2) is 10.1. The van der Waals surface area contributed by atoms with Crippen LogP contribution in [-0.4, -0.2) is 30.1 Å². The van der Waals surface area contributed by atoms with Crippen LogP contribution in [0.1, 0.15) is 70.4 Å². The van der Waals surface area contributed by atoms with Gasteiger partial charge in [-0.3, -0.25) is 0 Å². The Morgan fingerprint density at radius 2 is 1.73 bits per heavy atom. The first-order chi connectivity index (χ1) is 15.7. The second-order valence-electron chi connectivity index (χ2n) is 8.56. The third-order valence-corrected chi connectivity index (χ3v) is 6.80. The predicted molar refractivity (Wildman–Crippen MR) is 128 cm³/mol. The molecule has 0 fully saturated rings. The number of rotatable bonds is 9. The van der Waals surface area contributed by atoms with Crippen molar-refractivity contribution in [3.05, 3.63) is 53.4 Å². The highest BCUT2D eigenvalue weighted by Gasteiger charge is 2.42. The molecule has 0 saturated heterocycles. The number of aromatic nitrogens is 1. The molecule has 0 spiro atoms. The van der Waals surface area contributed by atoms with Crippen LogP contribution in [0.15, 0.2) is 47.3 Å². The number of aliphatic hydroxyl groups is 1. The number of nitrogens with two attached hydrogens (primary N) is 1. The van der Waals surface area contributed by atoms with E-state index in [0.29, 0.717) is 47.9 Å². The summed E-state index contributed by atoms with van der Waals surface area (Å²) in [5.41, 5.74) is 1.27. The number of nitrogens with zero attached hydrogens (tertiary/aromatic N) is 1. The average Bonchev–Trinajstić information content (AvgIpc) is 2.74. The minimum Gasteiger partial charge on any atom is -0.511 e. The van der Waals surface area contributed by atoms with Crippen LogP contribution >= 0.6 is 0 Å². The van der Waals surface area contributed by atoms with Crippen molar-refractivity contribution in [2.24, 2.45) is 5.14 Å². The van der Waals surface area contributed by atoms with Crippen molar-refractivity contribution in [3.63, 3.8) is 0 Å². The lowest BCUT2D eigenvalue weighted by Gasteiger charge is -2.37. The summed E-state index contributed by atoms with van der Waals surface area (Å²) < 4.78 is 30.7. The van der Waals surface area contributed by atoms with E-state index in [-0.39, 0.29) is 22.8 Å². The van der Waals surface area contributed by atoms with Crippen molar-refractivity contribution in [3.8, 4) is 11.1 Å². The van der Waals surface area contributed by atoms with Crippen molar-refractivity contribution in [1.82, 2.24) is 4.98 Å². The van der Waals surface area contributed by atoms with Crippen molar-refractivity contribution in [1.29, 1.82) is 0 Å². The van der Waals surface area contributed by atoms with Crippen molar-refractivity contribution in [2.75, 3.05) is 0 Å². The summed E-state index contributed by atoms with van der Waals surface area (Å²) in [6.45, 7) is 5.99. The number of carbonyl (C=O) groups excluding carboxylic acids is 1. The zero-order valence-corrected chi connectivity index (χ0v) is 20.2. The molecule has 3 rings (SSSR count). The third kappa shape index (κ3) is 5.12. The summed E-state index contributed by atoms with van der Waals surface area (Å²) >= 11 is 0. The maximum Gasteiger partial charge on any atom is 0.342 e. The van der Waals surface area contributed by atoms with E-state index in [1.165, 1.54) is 6.20 Å². The first-order valence-electron chi connectivity index (χ1n) is 11.4. The summed E-state index contributed by atoms with van der Waals surface area (Å²) in [6.07, 6.45) is 5.63. The van der Waals surface area contributed by atoms with Crippen LogP contribution in [0.2, 0.25) is 0 Å². The molecule has 2 aromatic rings. The van der Waals surface area contributed by atoms with Gasteiger partial charge in [0.05, 0.1) is 0 Å². The van der Waals surface area contributed by atoms with E-state index in [4.69, 9.17) is 9.88 Å². The molecule has 178 valence electrons. The molecular formula is C25H32N2O5S. The lowest BCUT2D eigenvalue weighted by Crippen LogP contribution is -2.40. The van der Waals surface area contributed by atoms with Gasteiger partial charge in [-0.25, -0.2) is 23.3 Å². The number of primary sulfonamides is 1. The molecule has 33 heavy (non-hydrogen) atoms. The van der Waals surface area contributed by atoms with Crippen LogP contribution < -0.4 is 5.14 Å². The molecule has 0 unspecified atom stereocenters. The van der Waals surface area contributed by atoms with Gasteiger partial charge in [-0.1, -0.05) is 70.4 Å². The molecule has 3 N–H and O–H groups in total. The van der Waals surface area contributed by atoms with E-state index in [9.17, 15) is 18.3 Å². The molecule has 1 aliphatic rings. The fourth-order valence-electron chi connectivity index (χ4n) is 4.75. The number of sulfonamides is 1. The second-order valence-corrected chi connectivity index (χ2v) is 10.0. The molecule has 8 heteroatoms. The first-order valence-corrected chi connectivity index (χ1v) is 13.0. The molecule has 1 aliphatic heterocycles. The molecule has 0 bridgehead atoms. The van der Waals surface area contributed by atoms with Crippen molar-refractivity contribution < 1.29 is 23.1 Å². The largest absolute Gasteiger partial charge is 0.511 e. The van der Waals surface area contributed by atoms with Crippen LogP contribution in [0.25, 0.3) is 16.7 Å².